The highest BCUT2D eigenvalue weighted by Gasteiger charge is 2.15. The lowest BCUT2D eigenvalue weighted by molar-refractivity contribution is -0.385. The molecule has 2 aromatic rings. The van der Waals surface area contributed by atoms with Gasteiger partial charge in [-0.15, -0.1) is 0 Å². The van der Waals surface area contributed by atoms with Gasteiger partial charge in [0, 0.05) is 23.5 Å². The van der Waals surface area contributed by atoms with Crippen molar-refractivity contribution in [2.24, 2.45) is 0 Å². The SMILES string of the molecule is Cc1cc([N+](=O)[O-])c(C)cc1NC(=O)c1ccc(Cl)nc1. The first-order valence-corrected chi connectivity index (χ1v) is 6.45. The summed E-state index contributed by atoms with van der Waals surface area (Å²) in [4.78, 5) is 26.3. The molecule has 1 aromatic carbocycles. The lowest BCUT2D eigenvalue weighted by atomic mass is 10.1. The molecule has 7 heteroatoms. The summed E-state index contributed by atoms with van der Waals surface area (Å²) in [5.74, 6) is -0.351. The number of nitrogens with one attached hydrogen (secondary N) is 1. The average Bonchev–Trinajstić information content (AvgIpc) is 2.42. The smallest absolute Gasteiger partial charge is 0.272 e. The van der Waals surface area contributed by atoms with Crippen molar-refractivity contribution >= 4 is 28.9 Å². The van der Waals surface area contributed by atoms with Gasteiger partial charge in [0.1, 0.15) is 5.15 Å². The Morgan fingerprint density at radius 2 is 2.00 bits per heavy atom. The summed E-state index contributed by atoms with van der Waals surface area (Å²) in [6, 6.07) is 6.09. The van der Waals surface area contributed by atoms with E-state index < -0.39 is 4.92 Å². The number of halogens is 1. The van der Waals surface area contributed by atoms with E-state index in [9.17, 15) is 14.9 Å². The van der Waals surface area contributed by atoms with E-state index >= 15 is 0 Å². The number of nitro benzene ring substituents is 1. The number of pyridine rings is 1. The minimum absolute atomic E-state index is 0.0265. The number of anilines is 1. The van der Waals surface area contributed by atoms with Crippen LogP contribution in [0.3, 0.4) is 0 Å². The van der Waals surface area contributed by atoms with Gasteiger partial charge < -0.3 is 5.32 Å². The van der Waals surface area contributed by atoms with Crippen LogP contribution >= 0.6 is 11.6 Å². The summed E-state index contributed by atoms with van der Waals surface area (Å²) in [6.45, 7) is 3.32. The monoisotopic (exact) mass is 305 g/mol. The van der Waals surface area contributed by atoms with Gasteiger partial charge in [0.2, 0.25) is 0 Å². The molecule has 0 aliphatic rings. The maximum atomic E-state index is 12.1. The molecule has 1 N–H and O–H groups in total. The van der Waals surface area contributed by atoms with Crippen LogP contribution in [0.5, 0.6) is 0 Å². The zero-order valence-corrected chi connectivity index (χ0v) is 12.1. The van der Waals surface area contributed by atoms with Crippen LogP contribution in [-0.4, -0.2) is 15.8 Å². The third-order valence-electron chi connectivity index (χ3n) is 2.98. The normalized spacial score (nSPS) is 10.2. The second-order valence-corrected chi connectivity index (χ2v) is 4.92. The molecular formula is C14H12ClN3O3. The highest BCUT2D eigenvalue weighted by molar-refractivity contribution is 6.29. The van der Waals surface area contributed by atoms with Crippen molar-refractivity contribution in [2.45, 2.75) is 13.8 Å². The lowest BCUT2D eigenvalue weighted by Gasteiger charge is -2.09. The van der Waals surface area contributed by atoms with Crippen molar-refractivity contribution in [2.75, 3.05) is 5.32 Å². The molecule has 0 spiro atoms. The lowest BCUT2D eigenvalue weighted by Crippen LogP contribution is -2.13. The number of carbonyl (C=O) groups excluding carboxylic acids is 1. The zero-order chi connectivity index (χ0) is 15.6. The van der Waals surface area contributed by atoms with Crippen LogP contribution in [0.4, 0.5) is 11.4 Å². The molecule has 0 saturated heterocycles. The molecular weight excluding hydrogens is 294 g/mol. The maximum Gasteiger partial charge on any atom is 0.272 e. The van der Waals surface area contributed by atoms with Gasteiger partial charge in [-0.25, -0.2) is 4.98 Å². The number of nitrogens with zero attached hydrogens (tertiary/aromatic N) is 2. The van der Waals surface area contributed by atoms with E-state index in [4.69, 9.17) is 11.6 Å². The molecule has 0 fully saturated rings. The molecule has 108 valence electrons. The molecule has 2 rings (SSSR count). The summed E-state index contributed by atoms with van der Waals surface area (Å²) in [5.41, 5.74) is 2.00. The fraction of sp³-hybridized carbons (Fsp3) is 0.143. The number of hydrogen-bond donors (Lipinski definition) is 1. The Morgan fingerprint density at radius 3 is 2.57 bits per heavy atom. The van der Waals surface area contributed by atoms with Gasteiger partial charge in [-0.1, -0.05) is 11.6 Å². The molecule has 0 radical (unpaired) electrons. The summed E-state index contributed by atoms with van der Waals surface area (Å²) in [6.07, 6.45) is 1.37. The van der Waals surface area contributed by atoms with Crippen LogP contribution in [0.1, 0.15) is 21.5 Å². The second-order valence-electron chi connectivity index (χ2n) is 4.53. The van der Waals surface area contributed by atoms with E-state index in [1.54, 1.807) is 26.0 Å². The second kappa shape index (κ2) is 5.88. The Morgan fingerprint density at radius 1 is 1.29 bits per heavy atom. The van der Waals surface area contributed by atoms with Crippen molar-refractivity contribution in [1.82, 2.24) is 4.98 Å². The van der Waals surface area contributed by atoms with Gasteiger partial charge in [-0.3, -0.25) is 14.9 Å². The van der Waals surface area contributed by atoms with Gasteiger partial charge >= 0.3 is 0 Å². The van der Waals surface area contributed by atoms with E-state index in [1.807, 2.05) is 0 Å². The minimum atomic E-state index is -0.447. The molecule has 0 atom stereocenters. The maximum absolute atomic E-state index is 12.1. The van der Waals surface area contributed by atoms with Crippen molar-refractivity contribution in [3.8, 4) is 0 Å². The van der Waals surface area contributed by atoms with E-state index in [0.717, 1.165) is 0 Å². The standard InChI is InChI=1S/C14H12ClN3O3/c1-8-6-12(18(20)21)9(2)5-11(8)17-14(19)10-3-4-13(15)16-7-10/h3-7H,1-2H3,(H,17,19). The quantitative estimate of drug-likeness (QED) is 0.534. The third-order valence-corrected chi connectivity index (χ3v) is 3.20. The fourth-order valence-corrected chi connectivity index (χ4v) is 1.95. The predicted octanol–water partition coefficient (Wildman–Crippen LogP) is 3.51. The number of rotatable bonds is 3. The van der Waals surface area contributed by atoms with Crippen molar-refractivity contribution in [1.29, 1.82) is 0 Å². The van der Waals surface area contributed by atoms with Gasteiger partial charge in [-0.2, -0.15) is 0 Å². The van der Waals surface area contributed by atoms with Crippen molar-refractivity contribution in [3.63, 3.8) is 0 Å². The first-order valence-electron chi connectivity index (χ1n) is 6.07. The first kappa shape index (κ1) is 14.9. The van der Waals surface area contributed by atoms with Crippen LogP contribution in [0.2, 0.25) is 5.15 Å². The van der Waals surface area contributed by atoms with Crippen molar-refractivity contribution < 1.29 is 9.72 Å². The molecule has 0 aliphatic carbocycles. The number of hydrogen-bond acceptors (Lipinski definition) is 4. The number of amides is 1. The Balaban J connectivity index is 2.27. The van der Waals surface area contributed by atoms with E-state index in [-0.39, 0.29) is 11.6 Å². The zero-order valence-electron chi connectivity index (χ0n) is 11.4. The van der Waals surface area contributed by atoms with Crippen LogP contribution in [0.25, 0.3) is 0 Å². The van der Waals surface area contributed by atoms with Gasteiger partial charge in [-0.05, 0) is 37.6 Å². The highest BCUT2D eigenvalue weighted by atomic mass is 35.5. The largest absolute Gasteiger partial charge is 0.322 e. The molecule has 21 heavy (non-hydrogen) atoms. The number of aromatic nitrogens is 1. The average molecular weight is 306 g/mol. The number of aryl methyl sites for hydroxylation is 2. The molecule has 6 nitrogen and oxygen atoms in total. The van der Waals surface area contributed by atoms with Gasteiger partial charge in [0.15, 0.2) is 0 Å². The van der Waals surface area contributed by atoms with E-state index in [1.165, 1.54) is 18.3 Å². The Kier molecular flexibility index (Phi) is 4.18. The minimum Gasteiger partial charge on any atom is -0.322 e. The molecule has 0 saturated carbocycles. The molecule has 1 aromatic heterocycles. The number of benzene rings is 1. The Bertz CT molecular complexity index is 714. The Labute approximate surface area is 125 Å². The molecule has 1 amide bonds. The molecule has 1 heterocycles. The summed E-state index contributed by atoms with van der Waals surface area (Å²) < 4.78 is 0. The number of nitro groups is 1. The van der Waals surface area contributed by atoms with Gasteiger partial charge in [0.25, 0.3) is 11.6 Å². The van der Waals surface area contributed by atoms with E-state index in [0.29, 0.717) is 27.5 Å². The first-order chi connectivity index (χ1) is 9.88. The van der Waals surface area contributed by atoms with Crippen LogP contribution < -0.4 is 5.32 Å². The van der Waals surface area contributed by atoms with Crippen LogP contribution in [0.15, 0.2) is 30.5 Å². The predicted molar refractivity (Wildman–Crippen MR) is 79.8 cm³/mol. The molecule has 0 bridgehead atoms. The fourth-order valence-electron chi connectivity index (χ4n) is 1.84. The van der Waals surface area contributed by atoms with Gasteiger partial charge in [0.05, 0.1) is 10.5 Å². The Hall–Kier alpha value is -2.47. The third kappa shape index (κ3) is 3.35. The van der Waals surface area contributed by atoms with E-state index in [2.05, 4.69) is 10.3 Å². The van der Waals surface area contributed by atoms with Crippen molar-refractivity contribution in [3.05, 3.63) is 62.4 Å². The van der Waals surface area contributed by atoms with Crippen LogP contribution in [-0.2, 0) is 0 Å². The summed E-state index contributed by atoms with van der Waals surface area (Å²) in [5, 5.41) is 13.9. The molecule has 0 unspecified atom stereocenters. The highest BCUT2D eigenvalue weighted by Crippen LogP contribution is 2.26. The summed E-state index contributed by atoms with van der Waals surface area (Å²) >= 11 is 5.66. The van der Waals surface area contributed by atoms with Crippen LogP contribution in [0, 0.1) is 24.0 Å². The topological polar surface area (TPSA) is 85.1 Å². The molecule has 0 aliphatic heterocycles. The summed E-state index contributed by atoms with van der Waals surface area (Å²) in [7, 11) is 0. The number of carbonyl (C=O) groups is 1.